The maximum atomic E-state index is 12.6. The average Bonchev–Trinajstić information content (AvgIpc) is 3.20. The zero-order chi connectivity index (χ0) is 16.6. The fraction of sp³-hybridized carbons (Fsp3) is 0.500. The van der Waals surface area contributed by atoms with Crippen LogP contribution in [-0.4, -0.2) is 40.1 Å². The molecule has 1 aromatic heterocycles. The first-order chi connectivity index (χ1) is 11.7. The Bertz CT molecular complexity index is 714. The number of amides is 1. The normalized spacial score (nSPS) is 20.0. The highest BCUT2D eigenvalue weighted by Gasteiger charge is 2.45. The van der Waals surface area contributed by atoms with Gasteiger partial charge in [0.1, 0.15) is 6.04 Å². The lowest BCUT2D eigenvalue weighted by atomic mass is 9.93. The number of carbonyl (C=O) groups excluding carboxylic acids is 1. The van der Waals surface area contributed by atoms with Crippen LogP contribution in [0.3, 0.4) is 0 Å². The monoisotopic (exact) mass is 326 g/mol. The van der Waals surface area contributed by atoms with Crippen molar-refractivity contribution in [1.29, 1.82) is 0 Å². The number of benzene rings is 1. The van der Waals surface area contributed by atoms with E-state index < -0.39 is 0 Å². The molecule has 1 atom stereocenters. The second-order valence-corrected chi connectivity index (χ2v) is 6.98. The van der Waals surface area contributed by atoms with Crippen molar-refractivity contribution in [2.45, 2.75) is 38.6 Å². The summed E-state index contributed by atoms with van der Waals surface area (Å²) in [5.41, 5.74) is 1.46. The van der Waals surface area contributed by atoms with Crippen LogP contribution in [0, 0.1) is 5.41 Å². The molecule has 0 radical (unpaired) electrons. The number of rotatable bonds is 4. The number of nitrogens with one attached hydrogen (secondary N) is 1. The summed E-state index contributed by atoms with van der Waals surface area (Å²) in [5, 5.41) is 7.00. The maximum Gasteiger partial charge on any atom is 0.322 e. The number of piperidine rings is 1. The zero-order valence-corrected chi connectivity index (χ0v) is 13.9. The summed E-state index contributed by atoms with van der Waals surface area (Å²) < 4.78 is 5.23. The van der Waals surface area contributed by atoms with Gasteiger partial charge >= 0.3 is 6.01 Å². The molecular formula is C18H22N4O2. The van der Waals surface area contributed by atoms with Gasteiger partial charge in [-0.25, -0.2) is 0 Å². The van der Waals surface area contributed by atoms with Crippen LogP contribution in [0.4, 0.5) is 6.01 Å². The number of hydrogen-bond donors (Lipinski definition) is 1. The molecule has 2 aliphatic rings. The van der Waals surface area contributed by atoms with Crippen molar-refractivity contribution in [2.75, 3.05) is 18.4 Å². The third kappa shape index (κ3) is 3.00. The summed E-state index contributed by atoms with van der Waals surface area (Å²) in [4.78, 5) is 18.9. The molecule has 126 valence electrons. The summed E-state index contributed by atoms with van der Waals surface area (Å²) in [6, 6.07) is 9.54. The third-order valence-electron chi connectivity index (χ3n) is 5.26. The highest BCUT2D eigenvalue weighted by atomic mass is 16.5. The Kier molecular flexibility index (Phi) is 3.75. The van der Waals surface area contributed by atoms with Crippen molar-refractivity contribution in [2.24, 2.45) is 5.41 Å². The predicted octanol–water partition coefficient (Wildman–Crippen LogP) is 2.94. The van der Waals surface area contributed by atoms with E-state index in [9.17, 15) is 4.79 Å². The number of likely N-dealkylation sites (tertiary alicyclic amines) is 1. The molecule has 1 saturated carbocycles. The topological polar surface area (TPSA) is 71.3 Å². The van der Waals surface area contributed by atoms with Crippen molar-refractivity contribution in [3.05, 3.63) is 30.3 Å². The fourth-order valence-electron chi connectivity index (χ4n) is 3.39. The Morgan fingerprint density at radius 1 is 1.21 bits per heavy atom. The summed E-state index contributed by atoms with van der Waals surface area (Å²) in [6.45, 7) is 3.57. The lowest BCUT2D eigenvalue weighted by Crippen LogP contribution is -2.45. The molecule has 2 heterocycles. The first kappa shape index (κ1) is 15.2. The molecule has 6 heteroatoms. The molecule has 6 nitrogen and oxygen atoms in total. The Balaban J connectivity index is 1.36. The SMILES string of the molecule is C[C@@H](Nc1nc(-c2ccccc2)no1)C(=O)N1CCC2(CC1)CC2. The smallest absolute Gasteiger partial charge is 0.322 e. The van der Waals surface area contributed by atoms with Crippen LogP contribution in [0.15, 0.2) is 34.9 Å². The van der Waals surface area contributed by atoms with Crippen molar-refractivity contribution in [3.63, 3.8) is 0 Å². The summed E-state index contributed by atoms with van der Waals surface area (Å²) in [5.74, 6) is 0.622. The van der Waals surface area contributed by atoms with Crippen LogP contribution in [0.1, 0.15) is 32.6 Å². The van der Waals surface area contributed by atoms with E-state index in [0.29, 0.717) is 11.2 Å². The van der Waals surface area contributed by atoms with E-state index in [1.807, 2.05) is 42.2 Å². The summed E-state index contributed by atoms with van der Waals surface area (Å²) in [7, 11) is 0. The molecule has 4 rings (SSSR count). The summed E-state index contributed by atoms with van der Waals surface area (Å²) >= 11 is 0. The first-order valence-electron chi connectivity index (χ1n) is 8.60. The Hall–Kier alpha value is -2.37. The van der Waals surface area contributed by atoms with Gasteiger partial charge < -0.3 is 14.7 Å². The molecule has 0 unspecified atom stereocenters. The van der Waals surface area contributed by atoms with E-state index in [2.05, 4.69) is 15.5 Å². The van der Waals surface area contributed by atoms with Crippen LogP contribution in [0.25, 0.3) is 11.4 Å². The van der Waals surface area contributed by atoms with Gasteiger partial charge in [0, 0.05) is 18.7 Å². The molecule has 1 aliphatic carbocycles. The van der Waals surface area contributed by atoms with Gasteiger partial charge in [-0.2, -0.15) is 4.98 Å². The number of anilines is 1. The van der Waals surface area contributed by atoms with Gasteiger partial charge in [-0.3, -0.25) is 4.79 Å². The lowest BCUT2D eigenvalue weighted by Gasteiger charge is -2.33. The minimum atomic E-state index is -0.373. The second-order valence-electron chi connectivity index (χ2n) is 6.98. The van der Waals surface area contributed by atoms with Crippen molar-refractivity contribution < 1.29 is 9.32 Å². The predicted molar refractivity (Wildman–Crippen MR) is 90.3 cm³/mol. The summed E-state index contributed by atoms with van der Waals surface area (Å²) in [6.07, 6.45) is 4.97. The van der Waals surface area contributed by atoms with E-state index in [4.69, 9.17) is 4.52 Å². The van der Waals surface area contributed by atoms with Gasteiger partial charge in [-0.15, -0.1) is 0 Å². The standard InChI is InChI=1S/C18H22N4O2/c1-13(16(23)22-11-9-18(7-8-18)10-12-22)19-17-20-15(21-24-17)14-5-3-2-4-6-14/h2-6,13H,7-12H2,1H3,(H,19,20,21)/t13-/m1/s1. The largest absolute Gasteiger partial charge is 0.341 e. The number of carbonyl (C=O) groups is 1. The van der Waals surface area contributed by atoms with E-state index in [1.54, 1.807) is 0 Å². The highest BCUT2D eigenvalue weighted by Crippen LogP contribution is 2.53. The van der Waals surface area contributed by atoms with Gasteiger partial charge in [0.15, 0.2) is 0 Å². The molecule has 2 aromatic rings. The molecule has 2 fully saturated rings. The maximum absolute atomic E-state index is 12.6. The Morgan fingerprint density at radius 2 is 1.92 bits per heavy atom. The Morgan fingerprint density at radius 3 is 2.58 bits per heavy atom. The van der Waals surface area contributed by atoms with Crippen LogP contribution in [0.2, 0.25) is 0 Å². The van der Waals surface area contributed by atoms with E-state index in [0.717, 1.165) is 31.5 Å². The molecule has 1 N–H and O–H groups in total. The van der Waals surface area contributed by atoms with Gasteiger partial charge in [-0.05, 0) is 38.0 Å². The molecule has 1 aliphatic heterocycles. The first-order valence-corrected chi connectivity index (χ1v) is 8.60. The highest BCUT2D eigenvalue weighted by molar-refractivity contribution is 5.83. The molecule has 1 amide bonds. The molecule has 1 aromatic carbocycles. The third-order valence-corrected chi connectivity index (χ3v) is 5.26. The fourth-order valence-corrected chi connectivity index (χ4v) is 3.39. The molecule has 24 heavy (non-hydrogen) atoms. The van der Waals surface area contributed by atoms with Crippen LogP contribution < -0.4 is 5.32 Å². The second kappa shape index (κ2) is 5.92. The Labute approximate surface area is 141 Å². The number of aromatic nitrogens is 2. The van der Waals surface area contributed by atoms with Crippen molar-refractivity contribution >= 4 is 11.9 Å². The quantitative estimate of drug-likeness (QED) is 0.935. The minimum absolute atomic E-state index is 0.102. The van der Waals surface area contributed by atoms with Gasteiger partial charge in [0.2, 0.25) is 11.7 Å². The molecule has 1 spiro atoms. The molecular weight excluding hydrogens is 304 g/mol. The molecule has 1 saturated heterocycles. The van der Waals surface area contributed by atoms with E-state index >= 15 is 0 Å². The van der Waals surface area contributed by atoms with Crippen LogP contribution in [-0.2, 0) is 4.79 Å². The number of nitrogens with zero attached hydrogens (tertiary/aromatic N) is 3. The number of hydrogen-bond acceptors (Lipinski definition) is 5. The minimum Gasteiger partial charge on any atom is -0.341 e. The average molecular weight is 326 g/mol. The van der Waals surface area contributed by atoms with Crippen molar-refractivity contribution in [1.82, 2.24) is 15.0 Å². The van der Waals surface area contributed by atoms with E-state index in [1.165, 1.54) is 12.8 Å². The lowest BCUT2D eigenvalue weighted by molar-refractivity contribution is -0.133. The zero-order valence-electron chi connectivity index (χ0n) is 13.9. The van der Waals surface area contributed by atoms with Gasteiger partial charge in [-0.1, -0.05) is 35.5 Å². The van der Waals surface area contributed by atoms with Crippen molar-refractivity contribution in [3.8, 4) is 11.4 Å². The van der Waals surface area contributed by atoms with Crippen LogP contribution >= 0.6 is 0 Å². The molecule has 0 bridgehead atoms. The van der Waals surface area contributed by atoms with Gasteiger partial charge in [0.25, 0.3) is 0 Å². The van der Waals surface area contributed by atoms with Gasteiger partial charge in [0.05, 0.1) is 0 Å². The van der Waals surface area contributed by atoms with E-state index in [-0.39, 0.29) is 18.0 Å². The van der Waals surface area contributed by atoms with Crippen LogP contribution in [0.5, 0.6) is 0 Å².